The van der Waals surface area contributed by atoms with Crippen LogP contribution in [0, 0.1) is 0 Å². The summed E-state index contributed by atoms with van der Waals surface area (Å²) in [4.78, 5) is 8.90. The smallest absolute Gasteiger partial charge is 0.475 e. The van der Waals surface area contributed by atoms with Crippen molar-refractivity contribution >= 4 is 5.97 Å². The Morgan fingerprint density at radius 2 is 1.80 bits per heavy atom. The Kier molecular flexibility index (Phi) is 4.63. The van der Waals surface area contributed by atoms with Crippen molar-refractivity contribution in [3.05, 3.63) is 17.0 Å². The lowest BCUT2D eigenvalue weighted by Crippen LogP contribution is -2.24. The molecule has 11 heteroatoms. The minimum atomic E-state index is -5.08. The van der Waals surface area contributed by atoms with Crippen LogP contribution in [0.2, 0.25) is 0 Å². The van der Waals surface area contributed by atoms with E-state index < -0.39 is 24.0 Å². The van der Waals surface area contributed by atoms with Crippen LogP contribution in [0.5, 0.6) is 0 Å². The first-order valence-electron chi connectivity index (χ1n) is 5.09. The first-order chi connectivity index (χ1) is 9.03. The lowest BCUT2D eigenvalue weighted by Gasteiger charge is -2.11. The molecule has 20 heavy (non-hydrogen) atoms. The second-order valence-electron chi connectivity index (χ2n) is 3.66. The lowest BCUT2D eigenvalue weighted by atomic mass is 10.1. The summed E-state index contributed by atoms with van der Waals surface area (Å²) in [5.41, 5.74) is -0.742. The highest BCUT2D eigenvalue weighted by atomic mass is 19.4. The van der Waals surface area contributed by atoms with E-state index in [2.05, 4.69) is 15.0 Å². The van der Waals surface area contributed by atoms with Gasteiger partial charge in [-0.05, 0) is 0 Å². The Hall–Kier alpha value is -1.78. The summed E-state index contributed by atoms with van der Waals surface area (Å²) < 4.78 is 73.1. The maximum atomic E-state index is 12.3. The zero-order valence-electron chi connectivity index (χ0n) is 9.60. The van der Waals surface area contributed by atoms with Gasteiger partial charge in [-0.15, -0.1) is 0 Å². The molecule has 2 N–H and O–H groups in total. The van der Waals surface area contributed by atoms with Gasteiger partial charge in [-0.3, -0.25) is 0 Å². The summed E-state index contributed by atoms with van der Waals surface area (Å²) in [6.45, 7) is 0.827. The van der Waals surface area contributed by atoms with E-state index in [1.807, 2.05) is 0 Å². The maximum Gasteiger partial charge on any atom is 0.490 e. The molecule has 0 fully saturated rings. The third kappa shape index (κ3) is 4.11. The van der Waals surface area contributed by atoms with Gasteiger partial charge in [0.05, 0.1) is 0 Å². The molecule has 1 aromatic heterocycles. The molecule has 0 atom stereocenters. The molecular weight excluding hydrogens is 298 g/mol. The van der Waals surface area contributed by atoms with Gasteiger partial charge in [0.15, 0.2) is 5.69 Å². The number of alkyl halides is 6. The molecule has 2 heterocycles. The van der Waals surface area contributed by atoms with Crippen LogP contribution in [0.15, 0.2) is 4.52 Å². The number of aromatic nitrogens is 1. The van der Waals surface area contributed by atoms with Gasteiger partial charge in [0.2, 0.25) is 0 Å². The molecule has 2 rings (SSSR count). The Balaban J connectivity index is 0.000000246. The van der Waals surface area contributed by atoms with Gasteiger partial charge in [-0.2, -0.15) is 26.3 Å². The first kappa shape index (κ1) is 16.3. The number of halogens is 6. The van der Waals surface area contributed by atoms with Gasteiger partial charge in [0, 0.05) is 25.1 Å². The third-order valence-electron chi connectivity index (χ3n) is 2.21. The van der Waals surface area contributed by atoms with Crippen molar-refractivity contribution in [1.29, 1.82) is 0 Å². The number of carbonyl (C=O) groups is 1. The molecule has 0 aliphatic carbocycles. The molecule has 0 spiro atoms. The number of fused-ring (bicyclic) bond motifs is 1. The predicted octanol–water partition coefficient (Wildman–Crippen LogP) is 1.97. The van der Waals surface area contributed by atoms with Crippen LogP contribution >= 0.6 is 0 Å². The van der Waals surface area contributed by atoms with Gasteiger partial charge in [0.1, 0.15) is 5.76 Å². The summed E-state index contributed by atoms with van der Waals surface area (Å²) in [5.74, 6) is -2.40. The summed E-state index contributed by atoms with van der Waals surface area (Å²) in [6.07, 6.45) is -9.02. The molecule has 0 saturated heterocycles. The van der Waals surface area contributed by atoms with Gasteiger partial charge in [0.25, 0.3) is 0 Å². The second kappa shape index (κ2) is 5.69. The number of rotatable bonds is 0. The molecule has 1 aliphatic heterocycles. The van der Waals surface area contributed by atoms with Crippen molar-refractivity contribution in [2.45, 2.75) is 25.3 Å². The summed E-state index contributed by atoms with van der Waals surface area (Å²) in [7, 11) is 0. The van der Waals surface area contributed by atoms with Crippen molar-refractivity contribution < 1.29 is 40.8 Å². The number of nitrogens with one attached hydrogen (secondary N) is 1. The van der Waals surface area contributed by atoms with Crippen LogP contribution in [-0.4, -0.2) is 29.0 Å². The van der Waals surface area contributed by atoms with E-state index in [-0.39, 0.29) is 12.1 Å². The van der Waals surface area contributed by atoms with Crippen LogP contribution in [0.4, 0.5) is 26.3 Å². The molecule has 0 unspecified atom stereocenters. The zero-order chi connectivity index (χ0) is 15.6. The predicted molar refractivity (Wildman–Crippen MR) is 50.6 cm³/mol. The standard InChI is InChI=1S/C7H7F3N2O.C2HF3O2/c8-7(9,10)6-4-3-11-2-1-5(4)13-12-6;3-2(4,5)1(6)7/h11H,1-3H2;(H,6,7). The van der Waals surface area contributed by atoms with Crippen molar-refractivity contribution in [1.82, 2.24) is 10.5 Å². The number of hydrogen-bond donors (Lipinski definition) is 2. The number of nitrogens with zero attached hydrogens (tertiary/aromatic N) is 1. The minimum absolute atomic E-state index is 0.152. The molecule has 1 aromatic rings. The number of carboxylic acids is 1. The summed E-state index contributed by atoms with van der Waals surface area (Å²) in [6, 6.07) is 0. The van der Waals surface area contributed by atoms with E-state index in [4.69, 9.17) is 9.90 Å². The van der Waals surface area contributed by atoms with Crippen LogP contribution in [0.3, 0.4) is 0 Å². The van der Waals surface area contributed by atoms with E-state index in [1.54, 1.807) is 0 Å². The lowest BCUT2D eigenvalue weighted by molar-refractivity contribution is -0.192. The topological polar surface area (TPSA) is 75.4 Å². The first-order valence-corrected chi connectivity index (χ1v) is 5.09. The maximum absolute atomic E-state index is 12.3. The molecule has 0 aromatic carbocycles. The Morgan fingerprint density at radius 1 is 1.25 bits per heavy atom. The van der Waals surface area contributed by atoms with E-state index in [0.717, 1.165) is 0 Å². The summed E-state index contributed by atoms with van der Waals surface area (Å²) >= 11 is 0. The third-order valence-corrected chi connectivity index (χ3v) is 2.21. The van der Waals surface area contributed by atoms with E-state index in [9.17, 15) is 26.3 Å². The number of aliphatic carboxylic acids is 1. The summed E-state index contributed by atoms with van der Waals surface area (Å²) in [5, 5.41) is 13.0. The van der Waals surface area contributed by atoms with Crippen molar-refractivity contribution in [3.63, 3.8) is 0 Å². The van der Waals surface area contributed by atoms with Crippen LogP contribution in [0.25, 0.3) is 0 Å². The minimum Gasteiger partial charge on any atom is -0.475 e. The normalized spacial score (nSPS) is 15.1. The molecule has 0 radical (unpaired) electrons. The Bertz CT molecular complexity index is 479. The molecular formula is C9H8F6N2O3. The van der Waals surface area contributed by atoms with Crippen molar-refractivity contribution in [2.24, 2.45) is 0 Å². The van der Waals surface area contributed by atoms with Gasteiger partial charge < -0.3 is 14.9 Å². The molecule has 0 bridgehead atoms. The molecule has 0 amide bonds. The van der Waals surface area contributed by atoms with Crippen LogP contribution in [0.1, 0.15) is 17.0 Å². The average Bonchev–Trinajstić information content (AvgIpc) is 2.71. The van der Waals surface area contributed by atoms with E-state index in [0.29, 0.717) is 18.7 Å². The number of hydrogen-bond acceptors (Lipinski definition) is 4. The van der Waals surface area contributed by atoms with Crippen molar-refractivity contribution in [2.75, 3.05) is 6.54 Å². The van der Waals surface area contributed by atoms with Gasteiger partial charge in [-0.25, -0.2) is 4.79 Å². The monoisotopic (exact) mass is 306 g/mol. The van der Waals surface area contributed by atoms with E-state index >= 15 is 0 Å². The molecule has 5 nitrogen and oxygen atoms in total. The second-order valence-corrected chi connectivity index (χ2v) is 3.66. The van der Waals surface area contributed by atoms with Gasteiger partial charge in [-0.1, -0.05) is 5.16 Å². The van der Waals surface area contributed by atoms with Crippen LogP contribution in [-0.2, 0) is 23.9 Å². The van der Waals surface area contributed by atoms with E-state index in [1.165, 1.54) is 0 Å². The molecule has 114 valence electrons. The number of carboxylic acid groups (broad SMARTS) is 1. The van der Waals surface area contributed by atoms with Gasteiger partial charge >= 0.3 is 18.3 Å². The fraction of sp³-hybridized carbons (Fsp3) is 0.556. The fourth-order valence-electron chi connectivity index (χ4n) is 1.36. The Morgan fingerprint density at radius 3 is 2.25 bits per heavy atom. The molecule has 1 aliphatic rings. The van der Waals surface area contributed by atoms with Crippen LogP contribution < -0.4 is 5.32 Å². The Labute approximate surface area is 107 Å². The fourth-order valence-corrected chi connectivity index (χ4v) is 1.36. The average molecular weight is 306 g/mol. The highest BCUT2D eigenvalue weighted by molar-refractivity contribution is 5.73. The highest BCUT2D eigenvalue weighted by Gasteiger charge is 2.39. The zero-order valence-corrected chi connectivity index (χ0v) is 9.60. The largest absolute Gasteiger partial charge is 0.490 e. The SMILES string of the molecule is FC(F)(F)c1noc2c1CNCC2.O=C(O)C(F)(F)F. The molecule has 0 saturated carbocycles. The highest BCUT2D eigenvalue weighted by Crippen LogP contribution is 2.33. The van der Waals surface area contributed by atoms with Crippen molar-refractivity contribution in [3.8, 4) is 0 Å². The quantitative estimate of drug-likeness (QED) is 0.717.